The highest BCUT2D eigenvalue weighted by molar-refractivity contribution is 6.30. The summed E-state index contributed by atoms with van der Waals surface area (Å²) in [7, 11) is 0. The minimum absolute atomic E-state index is 0.552. The van der Waals surface area contributed by atoms with Gasteiger partial charge in [-0.2, -0.15) is 0 Å². The number of rotatable bonds is 4. The van der Waals surface area contributed by atoms with Gasteiger partial charge >= 0.3 is 0 Å². The average molecular weight is 250 g/mol. The van der Waals surface area contributed by atoms with Gasteiger partial charge in [-0.25, -0.2) is 0 Å². The van der Waals surface area contributed by atoms with Crippen LogP contribution in [0.3, 0.4) is 0 Å². The van der Waals surface area contributed by atoms with Crippen LogP contribution in [0.1, 0.15) is 49.8 Å². The number of benzene rings is 1. The van der Waals surface area contributed by atoms with Crippen LogP contribution in [-0.4, -0.2) is 6.04 Å². The second-order valence-corrected chi connectivity index (χ2v) is 6.12. The third kappa shape index (κ3) is 2.66. The van der Waals surface area contributed by atoms with Crippen LogP contribution in [-0.2, 0) is 6.42 Å². The Balaban J connectivity index is 1.66. The van der Waals surface area contributed by atoms with E-state index in [9.17, 15) is 0 Å². The molecule has 0 saturated heterocycles. The molecule has 92 valence electrons. The summed E-state index contributed by atoms with van der Waals surface area (Å²) in [5.41, 5.74) is 2.91. The summed E-state index contributed by atoms with van der Waals surface area (Å²) in [4.78, 5) is 0. The molecule has 1 aromatic carbocycles. The van der Waals surface area contributed by atoms with Crippen LogP contribution in [0.4, 0.5) is 0 Å². The van der Waals surface area contributed by atoms with E-state index in [0.717, 1.165) is 10.9 Å². The fourth-order valence-corrected chi connectivity index (χ4v) is 3.22. The highest BCUT2D eigenvalue weighted by Gasteiger charge is 2.27. The van der Waals surface area contributed by atoms with Gasteiger partial charge in [0.15, 0.2) is 0 Å². The average Bonchev–Trinajstić information content (AvgIpc) is 3.01. The highest BCUT2D eigenvalue weighted by Crippen LogP contribution is 2.36. The predicted octanol–water partition coefficient (Wildman–Crippen LogP) is 4.11. The molecule has 1 N–H and O–H groups in total. The topological polar surface area (TPSA) is 12.0 Å². The number of aryl methyl sites for hydroxylation is 1. The summed E-state index contributed by atoms with van der Waals surface area (Å²) in [6.07, 6.45) is 6.64. The predicted molar refractivity (Wildman–Crippen MR) is 72.5 cm³/mol. The van der Waals surface area contributed by atoms with Crippen molar-refractivity contribution in [3.8, 4) is 0 Å². The van der Waals surface area contributed by atoms with Gasteiger partial charge in [0.25, 0.3) is 0 Å². The van der Waals surface area contributed by atoms with E-state index in [2.05, 4.69) is 24.4 Å². The molecule has 0 spiro atoms. The number of fused-ring (bicyclic) bond motifs is 1. The van der Waals surface area contributed by atoms with E-state index in [-0.39, 0.29) is 0 Å². The maximum absolute atomic E-state index is 6.03. The van der Waals surface area contributed by atoms with E-state index in [0.29, 0.717) is 12.1 Å². The van der Waals surface area contributed by atoms with Gasteiger partial charge in [0.05, 0.1) is 0 Å². The van der Waals surface area contributed by atoms with Crippen molar-refractivity contribution < 1.29 is 0 Å². The Kier molecular flexibility index (Phi) is 3.14. The summed E-state index contributed by atoms with van der Waals surface area (Å²) in [5, 5.41) is 4.65. The van der Waals surface area contributed by atoms with Crippen LogP contribution < -0.4 is 5.32 Å². The first-order valence-electron chi connectivity index (χ1n) is 6.77. The van der Waals surface area contributed by atoms with Gasteiger partial charge in [-0.1, -0.05) is 30.5 Å². The number of hydrogen-bond acceptors (Lipinski definition) is 1. The zero-order valence-electron chi connectivity index (χ0n) is 10.4. The Bertz CT molecular complexity index is 411. The standard InChI is InChI=1S/C15H20ClN/c1-10(8-11-2-3-11)17-15-7-4-12-9-13(16)5-6-14(12)15/h5-6,9-11,15,17H,2-4,7-8H2,1H3. The zero-order valence-corrected chi connectivity index (χ0v) is 11.1. The number of halogens is 1. The molecule has 17 heavy (non-hydrogen) atoms. The molecule has 0 bridgehead atoms. The fourth-order valence-electron chi connectivity index (χ4n) is 3.02. The second-order valence-electron chi connectivity index (χ2n) is 5.68. The fraction of sp³-hybridized carbons (Fsp3) is 0.600. The SMILES string of the molecule is CC(CC1CC1)NC1CCc2cc(Cl)ccc21. The number of nitrogens with one attached hydrogen (secondary N) is 1. The molecular formula is C15H20ClN. The van der Waals surface area contributed by atoms with Gasteiger partial charge in [0, 0.05) is 17.1 Å². The molecular weight excluding hydrogens is 230 g/mol. The molecule has 2 atom stereocenters. The molecule has 1 fully saturated rings. The molecule has 0 aromatic heterocycles. The van der Waals surface area contributed by atoms with Gasteiger partial charge in [-0.05, 0) is 55.4 Å². The van der Waals surface area contributed by atoms with Crippen molar-refractivity contribution in [1.82, 2.24) is 5.32 Å². The third-order valence-electron chi connectivity index (χ3n) is 4.05. The van der Waals surface area contributed by atoms with Gasteiger partial charge < -0.3 is 5.32 Å². The normalized spacial score (nSPS) is 24.7. The van der Waals surface area contributed by atoms with E-state index >= 15 is 0 Å². The highest BCUT2D eigenvalue weighted by atomic mass is 35.5. The van der Waals surface area contributed by atoms with E-state index in [4.69, 9.17) is 11.6 Å². The molecule has 0 amide bonds. The summed E-state index contributed by atoms with van der Waals surface area (Å²) < 4.78 is 0. The Labute approximate surface area is 109 Å². The summed E-state index contributed by atoms with van der Waals surface area (Å²) in [6, 6.07) is 7.55. The van der Waals surface area contributed by atoms with Crippen LogP contribution in [0, 0.1) is 5.92 Å². The number of hydrogen-bond donors (Lipinski definition) is 1. The lowest BCUT2D eigenvalue weighted by Gasteiger charge is -2.20. The summed E-state index contributed by atoms with van der Waals surface area (Å²) in [6.45, 7) is 2.33. The first-order valence-corrected chi connectivity index (χ1v) is 7.14. The van der Waals surface area contributed by atoms with E-state index in [1.807, 2.05) is 6.07 Å². The molecule has 0 aliphatic heterocycles. The minimum atomic E-state index is 0.552. The van der Waals surface area contributed by atoms with Crippen LogP contribution >= 0.6 is 11.6 Å². The monoisotopic (exact) mass is 249 g/mol. The maximum Gasteiger partial charge on any atom is 0.0408 e. The van der Waals surface area contributed by atoms with Crippen molar-refractivity contribution in [2.45, 2.75) is 51.1 Å². The van der Waals surface area contributed by atoms with Crippen molar-refractivity contribution in [2.75, 3.05) is 0 Å². The van der Waals surface area contributed by atoms with Crippen molar-refractivity contribution >= 4 is 11.6 Å². The molecule has 2 heteroatoms. The Hall–Kier alpha value is -0.530. The van der Waals surface area contributed by atoms with E-state index in [1.54, 1.807) is 0 Å². The molecule has 1 nitrogen and oxygen atoms in total. The van der Waals surface area contributed by atoms with E-state index < -0.39 is 0 Å². The lowest BCUT2D eigenvalue weighted by molar-refractivity contribution is 0.419. The lowest BCUT2D eigenvalue weighted by atomic mass is 10.1. The second kappa shape index (κ2) is 4.62. The molecule has 3 rings (SSSR count). The van der Waals surface area contributed by atoms with Crippen LogP contribution in [0.25, 0.3) is 0 Å². The quantitative estimate of drug-likeness (QED) is 0.847. The molecule has 2 aliphatic rings. The first-order chi connectivity index (χ1) is 8.22. The smallest absolute Gasteiger partial charge is 0.0408 e. The molecule has 1 aromatic rings. The van der Waals surface area contributed by atoms with Gasteiger partial charge in [-0.15, -0.1) is 0 Å². The summed E-state index contributed by atoms with van der Waals surface area (Å²) in [5.74, 6) is 1.00. The largest absolute Gasteiger partial charge is 0.307 e. The van der Waals surface area contributed by atoms with E-state index in [1.165, 1.54) is 43.2 Å². The van der Waals surface area contributed by atoms with Crippen molar-refractivity contribution in [1.29, 1.82) is 0 Å². The molecule has 0 radical (unpaired) electrons. The van der Waals surface area contributed by atoms with Gasteiger partial charge in [0.1, 0.15) is 0 Å². The van der Waals surface area contributed by atoms with Gasteiger partial charge in [-0.3, -0.25) is 0 Å². The molecule has 0 heterocycles. The van der Waals surface area contributed by atoms with Crippen LogP contribution in [0.5, 0.6) is 0 Å². The first kappa shape index (κ1) is 11.6. The Morgan fingerprint density at radius 3 is 2.94 bits per heavy atom. The van der Waals surface area contributed by atoms with Crippen LogP contribution in [0.2, 0.25) is 5.02 Å². The summed E-state index contributed by atoms with van der Waals surface area (Å²) >= 11 is 6.03. The molecule has 2 unspecified atom stereocenters. The lowest BCUT2D eigenvalue weighted by Crippen LogP contribution is -2.29. The third-order valence-corrected chi connectivity index (χ3v) is 4.29. The van der Waals surface area contributed by atoms with Crippen molar-refractivity contribution in [3.63, 3.8) is 0 Å². The molecule has 1 saturated carbocycles. The van der Waals surface area contributed by atoms with Crippen LogP contribution in [0.15, 0.2) is 18.2 Å². The molecule has 2 aliphatic carbocycles. The Morgan fingerprint density at radius 2 is 2.18 bits per heavy atom. The maximum atomic E-state index is 6.03. The van der Waals surface area contributed by atoms with Crippen molar-refractivity contribution in [3.05, 3.63) is 34.3 Å². The minimum Gasteiger partial charge on any atom is -0.307 e. The van der Waals surface area contributed by atoms with Crippen molar-refractivity contribution in [2.24, 2.45) is 5.92 Å². The Morgan fingerprint density at radius 1 is 1.35 bits per heavy atom. The zero-order chi connectivity index (χ0) is 11.8. The van der Waals surface area contributed by atoms with Gasteiger partial charge in [0.2, 0.25) is 0 Å².